The molecule has 1 heterocycles. The molecule has 2 aliphatic rings. The van der Waals surface area contributed by atoms with Crippen LogP contribution in [0.2, 0.25) is 0 Å². The van der Waals surface area contributed by atoms with Gasteiger partial charge in [0, 0.05) is 45.9 Å². The number of ether oxygens (including phenoxy) is 2. The lowest BCUT2D eigenvalue weighted by Crippen LogP contribution is -2.45. The molecule has 0 radical (unpaired) electrons. The lowest BCUT2D eigenvalue weighted by molar-refractivity contribution is 0.146. The van der Waals surface area contributed by atoms with E-state index in [1.54, 1.807) is 7.11 Å². The third-order valence-corrected chi connectivity index (χ3v) is 5.54. The number of aliphatic imine (C=N–C) groups is 1. The second-order valence-corrected chi connectivity index (χ2v) is 7.48. The molecule has 0 aromatic heterocycles. The van der Waals surface area contributed by atoms with E-state index in [-0.39, 0.29) is 24.0 Å². The van der Waals surface area contributed by atoms with Gasteiger partial charge in [0.2, 0.25) is 0 Å². The molecule has 0 bridgehead atoms. The minimum Gasteiger partial charge on any atom is -0.491 e. The van der Waals surface area contributed by atoms with Gasteiger partial charge < -0.3 is 20.1 Å². The first-order chi connectivity index (χ1) is 13.3. The molecule has 1 atom stereocenters. The van der Waals surface area contributed by atoms with Crippen LogP contribution in [0.25, 0.3) is 0 Å². The molecule has 1 saturated carbocycles. The highest BCUT2D eigenvalue weighted by Crippen LogP contribution is 2.26. The zero-order valence-electron chi connectivity index (χ0n) is 17.2. The molecule has 2 fully saturated rings. The number of halogens is 1. The normalized spacial score (nSPS) is 20.8. The van der Waals surface area contributed by atoms with Crippen molar-refractivity contribution in [3.05, 3.63) is 29.8 Å². The Balaban J connectivity index is 0.00000280. The summed E-state index contributed by atoms with van der Waals surface area (Å²) in [5.74, 6) is 1.75. The highest BCUT2D eigenvalue weighted by atomic mass is 127. The highest BCUT2D eigenvalue weighted by molar-refractivity contribution is 14.0. The maximum Gasteiger partial charge on any atom is 0.191 e. The Morgan fingerprint density at radius 1 is 1.21 bits per heavy atom. The van der Waals surface area contributed by atoms with Crippen molar-refractivity contribution in [2.75, 3.05) is 40.5 Å². The standard InChI is InChI=1S/C21H34N4O2.HI/c1-22-21(24-18-10-11-25(16-18)19-7-3-4-8-19)23-15-17-6-5-9-20(14-17)27-13-12-26-2;/h5-6,9,14,18-19H,3-4,7-8,10-13,15-16H2,1-2H3,(H2,22,23,24);1H. The van der Waals surface area contributed by atoms with Crippen molar-refractivity contribution in [3.8, 4) is 5.75 Å². The lowest BCUT2D eigenvalue weighted by Gasteiger charge is -2.24. The van der Waals surface area contributed by atoms with Crippen molar-refractivity contribution in [3.63, 3.8) is 0 Å². The number of methoxy groups -OCH3 is 1. The predicted octanol–water partition coefficient (Wildman–Crippen LogP) is 3.01. The molecule has 1 unspecified atom stereocenters. The molecule has 28 heavy (non-hydrogen) atoms. The minimum atomic E-state index is 0. The Labute approximate surface area is 186 Å². The van der Waals surface area contributed by atoms with E-state index in [4.69, 9.17) is 9.47 Å². The smallest absolute Gasteiger partial charge is 0.191 e. The molecule has 2 N–H and O–H groups in total. The van der Waals surface area contributed by atoms with E-state index in [0.29, 0.717) is 19.3 Å². The molecule has 7 heteroatoms. The fraction of sp³-hybridized carbons (Fsp3) is 0.667. The van der Waals surface area contributed by atoms with Crippen molar-refractivity contribution in [2.45, 2.75) is 50.7 Å². The first-order valence-corrected chi connectivity index (χ1v) is 10.2. The largest absolute Gasteiger partial charge is 0.491 e. The van der Waals surface area contributed by atoms with Crippen LogP contribution in [0.1, 0.15) is 37.7 Å². The number of nitrogens with one attached hydrogen (secondary N) is 2. The number of hydrogen-bond acceptors (Lipinski definition) is 4. The van der Waals surface area contributed by atoms with Gasteiger partial charge in [-0.3, -0.25) is 9.89 Å². The number of hydrogen-bond donors (Lipinski definition) is 2. The number of nitrogens with zero attached hydrogens (tertiary/aromatic N) is 2. The average Bonchev–Trinajstić information content (AvgIpc) is 3.37. The Bertz CT molecular complexity index is 608. The van der Waals surface area contributed by atoms with Gasteiger partial charge in [0.15, 0.2) is 5.96 Å². The summed E-state index contributed by atoms with van der Waals surface area (Å²) in [7, 11) is 3.52. The first-order valence-electron chi connectivity index (χ1n) is 10.2. The van der Waals surface area contributed by atoms with Crippen LogP contribution < -0.4 is 15.4 Å². The third-order valence-electron chi connectivity index (χ3n) is 5.54. The quantitative estimate of drug-likeness (QED) is 0.248. The number of guanidine groups is 1. The van der Waals surface area contributed by atoms with E-state index >= 15 is 0 Å². The van der Waals surface area contributed by atoms with Gasteiger partial charge in [-0.05, 0) is 37.0 Å². The summed E-state index contributed by atoms with van der Waals surface area (Å²) in [6.45, 7) is 4.22. The van der Waals surface area contributed by atoms with E-state index in [1.165, 1.54) is 44.2 Å². The Morgan fingerprint density at radius 3 is 2.79 bits per heavy atom. The minimum absolute atomic E-state index is 0. The van der Waals surface area contributed by atoms with Crippen LogP contribution in [0.15, 0.2) is 29.3 Å². The van der Waals surface area contributed by atoms with E-state index in [0.717, 1.165) is 30.8 Å². The van der Waals surface area contributed by atoms with Gasteiger partial charge in [-0.2, -0.15) is 0 Å². The SMILES string of the molecule is CN=C(NCc1cccc(OCCOC)c1)NC1CCN(C2CCCC2)C1.I. The van der Waals surface area contributed by atoms with Gasteiger partial charge in [0.05, 0.1) is 6.61 Å². The molecule has 0 spiro atoms. The van der Waals surface area contributed by atoms with Crippen molar-refractivity contribution in [2.24, 2.45) is 4.99 Å². The lowest BCUT2D eigenvalue weighted by atomic mass is 10.2. The maximum atomic E-state index is 5.68. The first kappa shape index (κ1) is 23.2. The fourth-order valence-corrected chi connectivity index (χ4v) is 4.07. The van der Waals surface area contributed by atoms with Crippen molar-refractivity contribution in [1.29, 1.82) is 0 Å². The van der Waals surface area contributed by atoms with E-state index in [1.807, 2.05) is 19.2 Å². The second kappa shape index (κ2) is 12.5. The maximum absolute atomic E-state index is 5.68. The molecule has 0 amide bonds. The third kappa shape index (κ3) is 7.08. The van der Waals surface area contributed by atoms with E-state index in [9.17, 15) is 0 Å². The molecule has 1 aromatic rings. The summed E-state index contributed by atoms with van der Waals surface area (Å²) >= 11 is 0. The van der Waals surface area contributed by atoms with Gasteiger partial charge in [-0.25, -0.2) is 0 Å². The average molecular weight is 502 g/mol. The van der Waals surface area contributed by atoms with Crippen LogP contribution in [-0.4, -0.2) is 63.4 Å². The molecule has 158 valence electrons. The summed E-state index contributed by atoms with van der Waals surface area (Å²) in [6.07, 6.45) is 6.75. The van der Waals surface area contributed by atoms with Crippen LogP contribution in [0.5, 0.6) is 5.75 Å². The van der Waals surface area contributed by atoms with Gasteiger partial charge in [0.25, 0.3) is 0 Å². The zero-order valence-corrected chi connectivity index (χ0v) is 19.5. The van der Waals surface area contributed by atoms with Crippen LogP contribution in [0, 0.1) is 0 Å². The van der Waals surface area contributed by atoms with Crippen molar-refractivity contribution >= 4 is 29.9 Å². The Kier molecular flexibility index (Phi) is 10.4. The van der Waals surface area contributed by atoms with Crippen LogP contribution in [-0.2, 0) is 11.3 Å². The summed E-state index contributed by atoms with van der Waals surface area (Å²) in [4.78, 5) is 7.07. The van der Waals surface area contributed by atoms with Crippen molar-refractivity contribution < 1.29 is 9.47 Å². The van der Waals surface area contributed by atoms with Gasteiger partial charge in [-0.15, -0.1) is 24.0 Å². The predicted molar refractivity (Wildman–Crippen MR) is 125 cm³/mol. The van der Waals surface area contributed by atoms with E-state index < -0.39 is 0 Å². The molecule has 6 nitrogen and oxygen atoms in total. The zero-order chi connectivity index (χ0) is 18.9. The molecular weight excluding hydrogens is 467 g/mol. The number of benzene rings is 1. The summed E-state index contributed by atoms with van der Waals surface area (Å²) < 4.78 is 10.7. The second-order valence-electron chi connectivity index (χ2n) is 7.48. The van der Waals surface area contributed by atoms with Crippen LogP contribution in [0.3, 0.4) is 0 Å². The Morgan fingerprint density at radius 2 is 2.04 bits per heavy atom. The fourth-order valence-electron chi connectivity index (χ4n) is 4.07. The van der Waals surface area contributed by atoms with E-state index in [2.05, 4.69) is 32.7 Å². The molecule has 3 rings (SSSR count). The topological polar surface area (TPSA) is 58.1 Å². The molecule has 1 saturated heterocycles. The summed E-state index contributed by atoms with van der Waals surface area (Å²) in [6, 6.07) is 9.45. The van der Waals surface area contributed by atoms with Gasteiger partial charge >= 0.3 is 0 Å². The van der Waals surface area contributed by atoms with Crippen molar-refractivity contribution in [1.82, 2.24) is 15.5 Å². The van der Waals surface area contributed by atoms with Crippen LogP contribution >= 0.6 is 24.0 Å². The molecule has 1 aliphatic carbocycles. The molecule has 1 aromatic carbocycles. The van der Waals surface area contributed by atoms with Gasteiger partial charge in [-0.1, -0.05) is 25.0 Å². The summed E-state index contributed by atoms with van der Waals surface area (Å²) in [5, 5.41) is 7.03. The molecule has 1 aliphatic heterocycles. The number of likely N-dealkylation sites (tertiary alicyclic amines) is 1. The summed E-state index contributed by atoms with van der Waals surface area (Å²) in [5.41, 5.74) is 1.17. The van der Waals surface area contributed by atoms with Crippen LogP contribution in [0.4, 0.5) is 0 Å². The number of rotatable bonds is 8. The highest BCUT2D eigenvalue weighted by Gasteiger charge is 2.30. The Hall–Kier alpha value is -1.06. The molecular formula is C21H35IN4O2. The van der Waals surface area contributed by atoms with Gasteiger partial charge in [0.1, 0.15) is 12.4 Å². The monoisotopic (exact) mass is 502 g/mol.